The number of amides is 1. The van der Waals surface area contributed by atoms with Gasteiger partial charge in [-0.3, -0.25) is 4.79 Å². The molecular weight excluding hydrogens is 270 g/mol. The van der Waals surface area contributed by atoms with Crippen molar-refractivity contribution < 1.29 is 9.53 Å². The standard InChI is InChI=1S/C11H18ClN5O2/c1-4-5-19-11-16-9(12)15-10(17-11)13-6-8(18)14-7(2)3/h7H,4-6H2,1-3H3,(H,14,18)(H,13,15,16,17). The third kappa shape index (κ3) is 6.19. The van der Waals surface area contributed by atoms with E-state index in [0.717, 1.165) is 6.42 Å². The van der Waals surface area contributed by atoms with Gasteiger partial charge in [0.1, 0.15) is 0 Å². The lowest BCUT2D eigenvalue weighted by molar-refractivity contribution is -0.119. The van der Waals surface area contributed by atoms with Gasteiger partial charge < -0.3 is 15.4 Å². The monoisotopic (exact) mass is 287 g/mol. The Morgan fingerprint density at radius 2 is 2.11 bits per heavy atom. The molecular formula is C11H18ClN5O2. The molecule has 8 heteroatoms. The average Bonchev–Trinajstić information content (AvgIpc) is 2.32. The van der Waals surface area contributed by atoms with E-state index in [2.05, 4.69) is 25.6 Å². The van der Waals surface area contributed by atoms with Crippen LogP contribution < -0.4 is 15.4 Å². The van der Waals surface area contributed by atoms with E-state index in [1.807, 2.05) is 20.8 Å². The first kappa shape index (κ1) is 15.4. The number of nitrogens with one attached hydrogen (secondary N) is 2. The highest BCUT2D eigenvalue weighted by Crippen LogP contribution is 2.11. The predicted octanol–water partition coefficient (Wildman–Crippen LogP) is 1.25. The van der Waals surface area contributed by atoms with Gasteiger partial charge in [0.2, 0.25) is 17.1 Å². The van der Waals surface area contributed by atoms with E-state index >= 15 is 0 Å². The molecule has 1 rings (SSSR count). The molecule has 1 amide bonds. The van der Waals surface area contributed by atoms with Crippen molar-refractivity contribution in [2.75, 3.05) is 18.5 Å². The maximum absolute atomic E-state index is 11.5. The van der Waals surface area contributed by atoms with Crippen LogP contribution in [0.2, 0.25) is 5.28 Å². The van der Waals surface area contributed by atoms with Crippen molar-refractivity contribution in [3.8, 4) is 6.01 Å². The SMILES string of the molecule is CCCOc1nc(Cl)nc(NCC(=O)NC(C)C)n1. The quantitative estimate of drug-likeness (QED) is 0.784. The first-order valence-corrected chi connectivity index (χ1v) is 6.46. The summed E-state index contributed by atoms with van der Waals surface area (Å²) in [5.41, 5.74) is 0. The molecule has 1 aromatic heterocycles. The minimum atomic E-state index is -0.150. The molecule has 1 aromatic rings. The summed E-state index contributed by atoms with van der Waals surface area (Å²) in [6.45, 7) is 6.29. The van der Waals surface area contributed by atoms with Crippen LogP contribution in [0.15, 0.2) is 0 Å². The minimum Gasteiger partial charge on any atom is -0.463 e. The molecule has 0 saturated carbocycles. The van der Waals surface area contributed by atoms with Gasteiger partial charge in [-0.2, -0.15) is 15.0 Å². The van der Waals surface area contributed by atoms with Gasteiger partial charge in [-0.15, -0.1) is 0 Å². The molecule has 0 unspecified atom stereocenters. The Labute approximate surface area is 117 Å². The highest BCUT2D eigenvalue weighted by atomic mass is 35.5. The van der Waals surface area contributed by atoms with Gasteiger partial charge in [-0.1, -0.05) is 6.92 Å². The predicted molar refractivity (Wildman–Crippen MR) is 72.4 cm³/mol. The van der Waals surface area contributed by atoms with Gasteiger partial charge >= 0.3 is 6.01 Å². The average molecular weight is 288 g/mol. The summed E-state index contributed by atoms with van der Waals surface area (Å²) in [4.78, 5) is 23.2. The van der Waals surface area contributed by atoms with Crippen molar-refractivity contribution in [2.45, 2.75) is 33.2 Å². The molecule has 0 radical (unpaired) electrons. The van der Waals surface area contributed by atoms with Crippen molar-refractivity contribution in [3.05, 3.63) is 5.28 Å². The van der Waals surface area contributed by atoms with E-state index in [1.165, 1.54) is 0 Å². The van der Waals surface area contributed by atoms with Crippen molar-refractivity contribution >= 4 is 23.5 Å². The van der Waals surface area contributed by atoms with Crippen LogP contribution in [0.3, 0.4) is 0 Å². The van der Waals surface area contributed by atoms with Crippen LogP contribution in [0.1, 0.15) is 27.2 Å². The number of hydrogen-bond acceptors (Lipinski definition) is 6. The Balaban J connectivity index is 2.57. The van der Waals surface area contributed by atoms with Gasteiger partial charge in [-0.25, -0.2) is 0 Å². The second kappa shape index (κ2) is 7.73. The van der Waals surface area contributed by atoms with E-state index in [4.69, 9.17) is 16.3 Å². The summed E-state index contributed by atoms with van der Waals surface area (Å²) < 4.78 is 5.26. The fourth-order valence-corrected chi connectivity index (χ4v) is 1.35. The summed E-state index contributed by atoms with van der Waals surface area (Å²) in [5, 5.41) is 5.53. The van der Waals surface area contributed by atoms with Crippen molar-refractivity contribution in [1.29, 1.82) is 0 Å². The fourth-order valence-electron chi connectivity index (χ4n) is 1.20. The normalized spacial score (nSPS) is 10.4. The highest BCUT2D eigenvalue weighted by Gasteiger charge is 2.08. The smallest absolute Gasteiger partial charge is 0.322 e. The molecule has 2 N–H and O–H groups in total. The lowest BCUT2D eigenvalue weighted by Crippen LogP contribution is -2.35. The van der Waals surface area contributed by atoms with E-state index in [9.17, 15) is 4.79 Å². The summed E-state index contributed by atoms with van der Waals surface area (Å²) >= 11 is 5.75. The number of halogens is 1. The van der Waals surface area contributed by atoms with Crippen LogP contribution in [0, 0.1) is 0 Å². The number of carbonyl (C=O) groups excluding carboxylic acids is 1. The van der Waals surface area contributed by atoms with Crippen molar-refractivity contribution in [2.24, 2.45) is 0 Å². The molecule has 0 bridgehead atoms. The number of aromatic nitrogens is 3. The molecule has 0 aliphatic heterocycles. The molecule has 19 heavy (non-hydrogen) atoms. The third-order valence-electron chi connectivity index (χ3n) is 1.88. The Morgan fingerprint density at radius 3 is 2.74 bits per heavy atom. The van der Waals surface area contributed by atoms with E-state index < -0.39 is 0 Å². The van der Waals surface area contributed by atoms with E-state index in [0.29, 0.717) is 6.61 Å². The fraction of sp³-hybridized carbons (Fsp3) is 0.636. The van der Waals surface area contributed by atoms with Gasteiger partial charge in [-0.05, 0) is 31.9 Å². The third-order valence-corrected chi connectivity index (χ3v) is 2.05. The van der Waals surface area contributed by atoms with Crippen LogP contribution in [-0.4, -0.2) is 40.1 Å². The van der Waals surface area contributed by atoms with Crippen LogP contribution in [0.4, 0.5) is 5.95 Å². The summed E-state index contributed by atoms with van der Waals surface area (Å²) in [5.74, 6) is 0.0626. The van der Waals surface area contributed by atoms with Crippen LogP contribution >= 0.6 is 11.6 Å². The molecule has 0 aliphatic carbocycles. The maximum Gasteiger partial charge on any atom is 0.322 e. The van der Waals surface area contributed by atoms with Crippen molar-refractivity contribution in [1.82, 2.24) is 20.3 Å². The van der Waals surface area contributed by atoms with Crippen molar-refractivity contribution in [3.63, 3.8) is 0 Å². The van der Waals surface area contributed by atoms with E-state index in [-0.39, 0.29) is 35.7 Å². The molecule has 0 saturated heterocycles. The molecule has 0 spiro atoms. The highest BCUT2D eigenvalue weighted by molar-refractivity contribution is 6.28. The van der Waals surface area contributed by atoms with Crippen LogP contribution in [-0.2, 0) is 4.79 Å². The summed E-state index contributed by atoms with van der Waals surface area (Å²) in [6, 6.07) is 0.230. The second-order valence-corrected chi connectivity index (χ2v) is 4.47. The lowest BCUT2D eigenvalue weighted by atomic mass is 10.4. The van der Waals surface area contributed by atoms with E-state index in [1.54, 1.807) is 0 Å². The first-order valence-electron chi connectivity index (χ1n) is 6.09. The number of anilines is 1. The molecule has 0 fully saturated rings. The molecule has 1 heterocycles. The maximum atomic E-state index is 11.5. The topological polar surface area (TPSA) is 89.0 Å². The largest absolute Gasteiger partial charge is 0.463 e. The number of carbonyl (C=O) groups is 1. The lowest BCUT2D eigenvalue weighted by Gasteiger charge is -2.09. The summed E-state index contributed by atoms with van der Waals surface area (Å²) in [6.07, 6.45) is 0.836. The number of rotatable bonds is 7. The zero-order valence-corrected chi connectivity index (χ0v) is 12.0. The molecule has 0 aromatic carbocycles. The van der Waals surface area contributed by atoms with Gasteiger partial charge in [0, 0.05) is 6.04 Å². The number of nitrogens with zero attached hydrogens (tertiary/aromatic N) is 3. The number of ether oxygens (including phenoxy) is 1. The molecule has 0 atom stereocenters. The first-order chi connectivity index (χ1) is 9.01. The Hall–Kier alpha value is -1.63. The zero-order valence-electron chi connectivity index (χ0n) is 11.2. The van der Waals surface area contributed by atoms with Crippen LogP contribution in [0.5, 0.6) is 6.01 Å². The van der Waals surface area contributed by atoms with Crippen LogP contribution in [0.25, 0.3) is 0 Å². The van der Waals surface area contributed by atoms with Gasteiger partial charge in [0.15, 0.2) is 0 Å². The Kier molecular flexibility index (Phi) is 6.27. The molecule has 106 valence electrons. The Bertz CT molecular complexity index is 428. The summed E-state index contributed by atoms with van der Waals surface area (Å²) in [7, 11) is 0. The zero-order chi connectivity index (χ0) is 14.3. The minimum absolute atomic E-state index is 0.0212. The Morgan fingerprint density at radius 1 is 1.37 bits per heavy atom. The van der Waals surface area contributed by atoms with Gasteiger partial charge in [0.25, 0.3) is 0 Å². The number of hydrogen-bond donors (Lipinski definition) is 2. The second-order valence-electron chi connectivity index (χ2n) is 4.13. The molecule has 7 nitrogen and oxygen atoms in total. The van der Waals surface area contributed by atoms with Gasteiger partial charge in [0.05, 0.1) is 13.2 Å². The molecule has 0 aliphatic rings.